The van der Waals surface area contributed by atoms with E-state index >= 15 is 0 Å². The molecule has 98 valence electrons. The maximum atomic E-state index is 11.3. The molecule has 2 rings (SSSR count). The first kappa shape index (κ1) is 13.0. The summed E-state index contributed by atoms with van der Waals surface area (Å²) in [6, 6.07) is 9.35. The van der Waals surface area contributed by atoms with E-state index in [9.17, 15) is 4.79 Å². The quantitative estimate of drug-likeness (QED) is 0.718. The van der Waals surface area contributed by atoms with Gasteiger partial charge in [-0.05, 0) is 12.1 Å². The van der Waals surface area contributed by atoms with Crippen molar-refractivity contribution in [3.8, 4) is 0 Å². The second-order valence-electron chi connectivity index (χ2n) is 3.90. The molecule has 0 spiro atoms. The average molecular weight is 275 g/mol. The Bertz CT molecular complexity index is 635. The molecule has 19 heavy (non-hydrogen) atoms. The van der Waals surface area contributed by atoms with Gasteiger partial charge in [0, 0.05) is 12.6 Å². The van der Waals surface area contributed by atoms with Crippen molar-refractivity contribution < 1.29 is 4.79 Å². The molecule has 0 aliphatic rings. The molecule has 0 saturated heterocycles. The lowest BCUT2D eigenvalue weighted by Crippen LogP contribution is -2.15. The van der Waals surface area contributed by atoms with Crippen LogP contribution in [0, 0.1) is 0 Å². The smallest absolute Gasteiger partial charge is 0.245 e. The molecule has 0 aliphatic carbocycles. The average Bonchev–Trinajstić information content (AvgIpc) is 2.66. The fourth-order valence-electron chi connectivity index (χ4n) is 1.64. The van der Waals surface area contributed by atoms with Gasteiger partial charge in [-0.25, -0.2) is 0 Å². The van der Waals surface area contributed by atoms with E-state index in [1.54, 1.807) is 0 Å². The summed E-state index contributed by atoms with van der Waals surface area (Å²) in [5.74, 6) is -0.0578. The topological polar surface area (TPSA) is 99.0 Å². The predicted molar refractivity (Wildman–Crippen MR) is 79.1 cm³/mol. The van der Waals surface area contributed by atoms with E-state index in [1.807, 2.05) is 30.3 Å². The Hall–Kier alpha value is -2.41. The minimum absolute atomic E-state index is 0.126. The number of carbonyl (C=O) groups is 1. The molecule has 0 amide bonds. The maximum Gasteiger partial charge on any atom is 0.245 e. The van der Waals surface area contributed by atoms with Crippen molar-refractivity contribution in [3.05, 3.63) is 35.9 Å². The molecular weight excluding hydrogens is 262 g/mol. The highest BCUT2D eigenvalue weighted by Crippen LogP contribution is 2.21. The van der Waals surface area contributed by atoms with Crippen LogP contribution in [-0.4, -0.2) is 20.7 Å². The Balaban J connectivity index is 2.32. The molecule has 2 aromatic rings. The van der Waals surface area contributed by atoms with Crippen LogP contribution in [0.1, 0.15) is 17.3 Å². The highest BCUT2D eigenvalue weighted by molar-refractivity contribution is 7.81. The summed E-state index contributed by atoms with van der Waals surface area (Å²) in [5.41, 5.74) is 12.8. The van der Waals surface area contributed by atoms with Crippen molar-refractivity contribution >= 4 is 40.4 Å². The second-order valence-corrected chi connectivity index (χ2v) is 4.30. The van der Waals surface area contributed by atoms with Crippen molar-refractivity contribution in [1.29, 1.82) is 0 Å². The number of carbonyl (C=O) groups excluding carboxylic acids is 1. The predicted octanol–water partition coefficient (Wildman–Crippen LogP) is 1.50. The van der Waals surface area contributed by atoms with Crippen LogP contribution >= 0.6 is 12.2 Å². The van der Waals surface area contributed by atoms with Gasteiger partial charge in [0.05, 0.1) is 5.56 Å². The van der Waals surface area contributed by atoms with Gasteiger partial charge >= 0.3 is 0 Å². The molecule has 0 unspecified atom stereocenters. The van der Waals surface area contributed by atoms with Crippen LogP contribution in [0.5, 0.6) is 0 Å². The van der Waals surface area contributed by atoms with E-state index in [0.717, 1.165) is 10.4 Å². The number of nitrogen functional groups attached to an aromatic ring is 2. The Morgan fingerprint density at radius 1 is 1.32 bits per heavy atom. The summed E-state index contributed by atoms with van der Waals surface area (Å²) in [4.78, 5) is 11.6. The van der Waals surface area contributed by atoms with Gasteiger partial charge in [0.2, 0.25) is 5.91 Å². The number of nitrogens with zero attached hydrogens (tertiary/aromatic N) is 2. The summed E-state index contributed by atoms with van der Waals surface area (Å²) in [6.07, 6.45) is 0. The Kier molecular flexibility index (Phi) is 3.48. The molecule has 0 bridgehead atoms. The number of thiocarbonyl (C=S) groups is 1. The van der Waals surface area contributed by atoms with E-state index in [-0.39, 0.29) is 17.5 Å². The molecule has 0 aliphatic heterocycles. The van der Waals surface area contributed by atoms with Crippen molar-refractivity contribution in [2.45, 2.75) is 6.92 Å². The third-order valence-corrected chi connectivity index (χ3v) is 2.81. The molecule has 0 atom stereocenters. The fraction of sp³-hybridized carbons (Fsp3) is 0.0833. The summed E-state index contributed by atoms with van der Waals surface area (Å²) in [7, 11) is 0. The molecule has 0 radical (unpaired) electrons. The first-order valence-corrected chi connectivity index (χ1v) is 5.93. The first-order chi connectivity index (χ1) is 9.00. The van der Waals surface area contributed by atoms with E-state index in [2.05, 4.69) is 10.4 Å². The van der Waals surface area contributed by atoms with Crippen LogP contribution in [0.15, 0.2) is 30.3 Å². The fourth-order valence-corrected chi connectivity index (χ4v) is 1.96. The van der Waals surface area contributed by atoms with Crippen LogP contribution < -0.4 is 16.8 Å². The normalized spacial score (nSPS) is 10.2. The van der Waals surface area contributed by atoms with Gasteiger partial charge in [-0.1, -0.05) is 30.4 Å². The van der Waals surface area contributed by atoms with E-state index in [1.165, 1.54) is 6.92 Å². The van der Waals surface area contributed by atoms with Gasteiger partial charge in [-0.2, -0.15) is 4.68 Å². The lowest BCUT2D eigenvalue weighted by molar-refractivity contribution is 0.0924. The summed E-state index contributed by atoms with van der Waals surface area (Å²) in [5, 5.41) is 6.86. The molecule has 1 aromatic carbocycles. The number of aromatic nitrogens is 2. The third kappa shape index (κ3) is 2.55. The van der Waals surface area contributed by atoms with Crippen LogP contribution in [0.25, 0.3) is 0 Å². The number of nitrogens with two attached hydrogens (primary N) is 2. The lowest BCUT2D eigenvalue weighted by Gasteiger charge is -2.07. The monoisotopic (exact) mass is 275 g/mol. The zero-order chi connectivity index (χ0) is 14.0. The molecule has 6 nitrogen and oxygen atoms in total. The van der Waals surface area contributed by atoms with E-state index in [0.29, 0.717) is 10.6 Å². The number of hydrogen-bond donors (Lipinski definition) is 3. The highest BCUT2D eigenvalue weighted by atomic mass is 32.1. The molecule has 0 saturated carbocycles. The standard InChI is InChI=1S/C12H13N5OS/c1-7(18)17-11(14)9(10(13)16-17)12(19)15-8-5-3-2-4-6-8/h2-6H,14H2,1H3,(H2,13,16)(H,15,19). The Morgan fingerprint density at radius 2 is 1.95 bits per heavy atom. The van der Waals surface area contributed by atoms with Gasteiger partial charge in [0.15, 0.2) is 5.82 Å². The zero-order valence-electron chi connectivity index (χ0n) is 10.3. The molecule has 1 aromatic heterocycles. The highest BCUT2D eigenvalue weighted by Gasteiger charge is 2.19. The van der Waals surface area contributed by atoms with Crippen molar-refractivity contribution in [1.82, 2.24) is 9.78 Å². The molecular formula is C12H13N5OS. The lowest BCUT2D eigenvalue weighted by atomic mass is 10.2. The van der Waals surface area contributed by atoms with Crippen molar-refractivity contribution in [2.24, 2.45) is 0 Å². The zero-order valence-corrected chi connectivity index (χ0v) is 11.1. The van der Waals surface area contributed by atoms with Gasteiger partial charge in [-0.15, -0.1) is 5.10 Å². The summed E-state index contributed by atoms with van der Waals surface area (Å²) in [6.45, 7) is 1.35. The van der Waals surface area contributed by atoms with Crippen LogP contribution in [0.3, 0.4) is 0 Å². The van der Waals surface area contributed by atoms with Crippen molar-refractivity contribution in [2.75, 3.05) is 16.8 Å². The third-order valence-electron chi connectivity index (χ3n) is 2.51. The van der Waals surface area contributed by atoms with Crippen molar-refractivity contribution in [3.63, 3.8) is 0 Å². The minimum atomic E-state index is -0.321. The number of hydrogen-bond acceptors (Lipinski definition) is 5. The Labute approximate surface area is 115 Å². The maximum absolute atomic E-state index is 11.3. The number of para-hydroxylation sites is 1. The number of anilines is 3. The van der Waals surface area contributed by atoms with Gasteiger partial charge in [0.25, 0.3) is 0 Å². The molecule has 1 heterocycles. The number of benzene rings is 1. The largest absolute Gasteiger partial charge is 0.383 e. The number of rotatable bonds is 2. The molecule has 5 N–H and O–H groups in total. The summed E-state index contributed by atoms with van der Waals surface area (Å²) < 4.78 is 1.03. The Morgan fingerprint density at radius 3 is 2.47 bits per heavy atom. The first-order valence-electron chi connectivity index (χ1n) is 5.52. The van der Waals surface area contributed by atoms with Gasteiger partial charge in [-0.3, -0.25) is 4.79 Å². The second kappa shape index (κ2) is 5.07. The molecule has 7 heteroatoms. The van der Waals surface area contributed by atoms with Crippen LogP contribution in [0.2, 0.25) is 0 Å². The van der Waals surface area contributed by atoms with Crippen LogP contribution in [0.4, 0.5) is 17.3 Å². The van der Waals surface area contributed by atoms with Gasteiger partial charge in [0.1, 0.15) is 10.8 Å². The van der Waals surface area contributed by atoms with Gasteiger partial charge < -0.3 is 16.8 Å². The number of nitrogens with one attached hydrogen (secondary N) is 1. The summed E-state index contributed by atoms with van der Waals surface area (Å²) >= 11 is 5.24. The molecule has 0 fully saturated rings. The minimum Gasteiger partial charge on any atom is -0.383 e. The van der Waals surface area contributed by atoms with E-state index in [4.69, 9.17) is 23.7 Å². The van der Waals surface area contributed by atoms with E-state index < -0.39 is 0 Å². The SMILES string of the molecule is CC(=O)n1nc(N)c(C(=S)Nc2ccccc2)c1N. The van der Waals surface area contributed by atoms with Crippen LogP contribution in [-0.2, 0) is 0 Å².